The summed E-state index contributed by atoms with van der Waals surface area (Å²) < 4.78 is 0. The van der Waals surface area contributed by atoms with Crippen molar-refractivity contribution in [2.75, 3.05) is 12.4 Å². The maximum atomic E-state index is 5.37. The molecule has 0 radical (unpaired) electrons. The summed E-state index contributed by atoms with van der Waals surface area (Å²) in [5.41, 5.74) is 6.46. The van der Waals surface area contributed by atoms with E-state index in [9.17, 15) is 0 Å². The number of aryl methyl sites for hydroxylation is 1. The van der Waals surface area contributed by atoms with Crippen LogP contribution in [0.1, 0.15) is 18.1 Å². The monoisotopic (exact) mass is 358 g/mol. The Hall–Kier alpha value is -2.18. The van der Waals surface area contributed by atoms with Crippen LogP contribution in [0.15, 0.2) is 54.6 Å². The van der Waals surface area contributed by atoms with Crippen molar-refractivity contribution in [3.63, 3.8) is 0 Å². The lowest BCUT2D eigenvalue weighted by Gasteiger charge is -2.24. The number of hydrogen-bond donors (Lipinski definition) is 3. The Morgan fingerprint density at radius 3 is 2.38 bits per heavy atom. The number of thiocarbonyl (C=S) groups is 2. The van der Waals surface area contributed by atoms with E-state index in [1.54, 1.807) is 5.01 Å². The Morgan fingerprint density at radius 1 is 1.00 bits per heavy atom. The Bertz CT molecular complexity index is 688. The summed E-state index contributed by atoms with van der Waals surface area (Å²) in [5, 5.41) is 9.18. The molecule has 0 aliphatic heterocycles. The van der Waals surface area contributed by atoms with Crippen LogP contribution in [0.25, 0.3) is 0 Å². The molecule has 0 saturated heterocycles. The molecular weight excluding hydrogens is 336 g/mol. The normalized spacial score (nSPS) is 9.92. The van der Waals surface area contributed by atoms with E-state index in [1.165, 1.54) is 11.1 Å². The summed E-state index contributed by atoms with van der Waals surface area (Å²) in [5.74, 6) is 0. The second-order valence-electron chi connectivity index (χ2n) is 5.28. The van der Waals surface area contributed by atoms with E-state index in [4.69, 9.17) is 24.4 Å². The minimum absolute atomic E-state index is 0.502. The van der Waals surface area contributed by atoms with Crippen LogP contribution in [0.5, 0.6) is 0 Å². The fraction of sp³-hybridized carbons (Fsp3) is 0.222. The fourth-order valence-electron chi connectivity index (χ4n) is 2.20. The van der Waals surface area contributed by atoms with Crippen LogP contribution in [-0.2, 0) is 13.0 Å². The van der Waals surface area contributed by atoms with Gasteiger partial charge >= 0.3 is 0 Å². The van der Waals surface area contributed by atoms with Crippen molar-refractivity contribution in [3.8, 4) is 0 Å². The third-order valence-electron chi connectivity index (χ3n) is 3.51. The lowest BCUT2D eigenvalue weighted by Crippen LogP contribution is -2.49. The van der Waals surface area contributed by atoms with E-state index in [2.05, 4.69) is 41.2 Å². The van der Waals surface area contributed by atoms with Crippen LogP contribution in [0.3, 0.4) is 0 Å². The van der Waals surface area contributed by atoms with Gasteiger partial charge in [-0.1, -0.05) is 55.5 Å². The number of nitrogens with zero attached hydrogens (tertiary/aromatic N) is 1. The molecule has 2 rings (SSSR count). The van der Waals surface area contributed by atoms with Gasteiger partial charge in [0.15, 0.2) is 10.2 Å². The van der Waals surface area contributed by atoms with Crippen molar-refractivity contribution in [2.45, 2.75) is 19.9 Å². The number of para-hydroxylation sites is 1. The summed E-state index contributed by atoms with van der Waals surface area (Å²) >= 11 is 10.7. The van der Waals surface area contributed by atoms with Crippen LogP contribution in [-0.4, -0.2) is 22.3 Å². The third kappa shape index (κ3) is 5.47. The van der Waals surface area contributed by atoms with Gasteiger partial charge in [0.2, 0.25) is 0 Å². The van der Waals surface area contributed by atoms with Crippen molar-refractivity contribution in [3.05, 3.63) is 65.7 Å². The van der Waals surface area contributed by atoms with Gasteiger partial charge in [0, 0.05) is 19.3 Å². The molecule has 0 fully saturated rings. The number of nitrogens with one attached hydrogen (secondary N) is 3. The molecule has 2 aromatic rings. The van der Waals surface area contributed by atoms with E-state index in [-0.39, 0.29) is 0 Å². The lowest BCUT2D eigenvalue weighted by molar-refractivity contribution is 0.450. The first kappa shape index (κ1) is 18.2. The average Bonchev–Trinajstić information content (AvgIpc) is 2.60. The van der Waals surface area contributed by atoms with Gasteiger partial charge in [-0.2, -0.15) is 0 Å². The zero-order chi connectivity index (χ0) is 17.4. The molecule has 0 amide bonds. The molecule has 0 aliphatic rings. The molecule has 4 nitrogen and oxygen atoms in total. The quantitative estimate of drug-likeness (QED) is 0.574. The summed E-state index contributed by atoms with van der Waals surface area (Å²) in [6.07, 6.45) is 0.943. The van der Waals surface area contributed by atoms with Crippen LogP contribution in [0.2, 0.25) is 0 Å². The molecule has 3 N–H and O–H groups in total. The van der Waals surface area contributed by atoms with E-state index in [0.29, 0.717) is 16.8 Å². The summed E-state index contributed by atoms with van der Waals surface area (Å²) in [7, 11) is 1.83. The summed E-state index contributed by atoms with van der Waals surface area (Å²) in [4.78, 5) is 0. The molecule has 0 unspecified atom stereocenters. The third-order valence-corrected chi connectivity index (χ3v) is 4.12. The van der Waals surface area contributed by atoms with Crippen molar-refractivity contribution >= 4 is 40.3 Å². The topological polar surface area (TPSA) is 39.3 Å². The highest BCUT2D eigenvalue weighted by Gasteiger charge is 2.07. The van der Waals surface area contributed by atoms with Gasteiger partial charge < -0.3 is 10.6 Å². The average molecular weight is 359 g/mol. The van der Waals surface area contributed by atoms with Crippen LogP contribution < -0.4 is 16.1 Å². The second-order valence-corrected chi connectivity index (χ2v) is 6.07. The van der Waals surface area contributed by atoms with Gasteiger partial charge in [-0.15, -0.1) is 0 Å². The Kier molecular flexibility index (Phi) is 6.96. The van der Waals surface area contributed by atoms with E-state index in [0.717, 1.165) is 12.1 Å². The highest BCUT2D eigenvalue weighted by Crippen LogP contribution is 2.15. The standard InChI is InChI=1S/C18H22N4S2/c1-3-15-11-7-8-12-16(15)20-17(23)21-22(2)18(24)19-13-14-9-5-4-6-10-14/h4-12H,3,13H2,1-2H3,(H,19,24)(H2,20,21,23). The molecule has 24 heavy (non-hydrogen) atoms. The molecule has 0 atom stereocenters. The Morgan fingerprint density at radius 2 is 1.67 bits per heavy atom. The molecule has 0 aromatic heterocycles. The molecule has 0 spiro atoms. The first-order valence-electron chi connectivity index (χ1n) is 7.81. The van der Waals surface area contributed by atoms with E-state index >= 15 is 0 Å². The minimum Gasteiger partial charge on any atom is -0.357 e. The summed E-state index contributed by atoms with van der Waals surface area (Å²) in [6, 6.07) is 18.2. The molecule has 126 valence electrons. The van der Waals surface area contributed by atoms with E-state index in [1.807, 2.05) is 43.4 Å². The number of benzene rings is 2. The van der Waals surface area contributed by atoms with Gasteiger partial charge in [-0.25, -0.2) is 0 Å². The lowest BCUT2D eigenvalue weighted by atomic mass is 10.1. The zero-order valence-electron chi connectivity index (χ0n) is 13.9. The number of rotatable bonds is 4. The van der Waals surface area contributed by atoms with Gasteiger partial charge in [0.1, 0.15) is 0 Å². The molecule has 6 heteroatoms. The number of hydrazine groups is 1. The molecule has 0 heterocycles. The van der Waals surface area contributed by atoms with Crippen LogP contribution in [0, 0.1) is 0 Å². The van der Waals surface area contributed by atoms with Gasteiger partial charge in [-0.3, -0.25) is 10.4 Å². The first-order chi connectivity index (χ1) is 11.6. The molecule has 2 aromatic carbocycles. The van der Waals surface area contributed by atoms with Crippen LogP contribution in [0.4, 0.5) is 5.69 Å². The smallest absolute Gasteiger partial charge is 0.189 e. The fourth-order valence-corrected chi connectivity index (χ4v) is 2.56. The maximum absolute atomic E-state index is 5.37. The van der Waals surface area contributed by atoms with Gasteiger partial charge in [0.05, 0.1) is 0 Å². The predicted octanol–water partition coefficient (Wildman–Crippen LogP) is 3.46. The van der Waals surface area contributed by atoms with Gasteiger partial charge in [-0.05, 0) is 48.0 Å². The highest BCUT2D eigenvalue weighted by atomic mass is 32.1. The second kappa shape index (κ2) is 9.20. The highest BCUT2D eigenvalue weighted by molar-refractivity contribution is 7.80. The number of anilines is 1. The van der Waals surface area contributed by atoms with Crippen LogP contribution >= 0.6 is 24.4 Å². The largest absolute Gasteiger partial charge is 0.357 e. The van der Waals surface area contributed by atoms with E-state index < -0.39 is 0 Å². The Balaban J connectivity index is 1.83. The number of hydrogen-bond acceptors (Lipinski definition) is 2. The predicted molar refractivity (Wildman–Crippen MR) is 109 cm³/mol. The molecule has 0 aliphatic carbocycles. The van der Waals surface area contributed by atoms with Crippen molar-refractivity contribution in [2.24, 2.45) is 0 Å². The molecule has 0 saturated carbocycles. The van der Waals surface area contributed by atoms with Crippen molar-refractivity contribution < 1.29 is 0 Å². The minimum atomic E-state index is 0.502. The van der Waals surface area contributed by atoms with Crippen molar-refractivity contribution in [1.29, 1.82) is 0 Å². The first-order valence-corrected chi connectivity index (χ1v) is 8.62. The zero-order valence-corrected chi connectivity index (χ0v) is 15.5. The SMILES string of the molecule is CCc1ccccc1NC(=S)NN(C)C(=S)NCc1ccccc1. The maximum Gasteiger partial charge on any atom is 0.189 e. The summed E-state index contributed by atoms with van der Waals surface area (Å²) in [6.45, 7) is 2.79. The van der Waals surface area contributed by atoms with Crippen molar-refractivity contribution in [1.82, 2.24) is 15.8 Å². The molecule has 0 bridgehead atoms. The Labute approximate surface area is 154 Å². The molecular formula is C18H22N4S2. The van der Waals surface area contributed by atoms with Gasteiger partial charge in [0.25, 0.3) is 0 Å².